The average molecular weight is 168 g/mol. The van der Waals surface area contributed by atoms with Crippen molar-refractivity contribution in [1.29, 1.82) is 0 Å². The average Bonchev–Trinajstić information content (AvgIpc) is 2.61. The topological polar surface area (TPSA) is 0 Å². The highest BCUT2D eigenvalue weighted by Gasteiger charge is 2.45. The lowest BCUT2D eigenvalue weighted by molar-refractivity contribution is 0.416. The van der Waals surface area contributed by atoms with Gasteiger partial charge in [0.25, 0.3) is 0 Å². The normalized spacial score (nSPS) is 36.5. The molecule has 1 rings (SSSR count). The predicted octanol–water partition coefficient (Wildman–Crippen LogP) is 4.10. The van der Waals surface area contributed by atoms with Gasteiger partial charge in [-0.15, -0.1) is 0 Å². The Morgan fingerprint density at radius 1 is 1.08 bits per heavy atom. The molecule has 0 radical (unpaired) electrons. The summed E-state index contributed by atoms with van der Waals surface area (Å²) in [6.45, 7) is 9.55. The largest absolute Gasteiger partial charge is 0.0654 e. The smallest absolute Gasteiger partial charge is 0.0332 e. The van der Waals surface area contributed by atoms with Gasteiger partial charge in [0.1, 0.15) is 0 Å². The van der Waals surface area contributed by atoms with E-state index in [9.17, 15) is 0 Å². The second-order valence-corrected chi connectivity index (χ2v) is 4.77. The molecular weight excluding hydrogens is 144 g/mol. The van der Waals surface area contributed by atoms with Crippen molar-refractivity contribution in [1.82, 2.24) is 0 Å². The van der Waals surface area contributed by atoms with Gasteiger partial charge in [0.05, 0.1) is 0 Å². The molecule has 0 bridgehead atoms. The lowest BCUT2D eigenvalue weighted by Crippen LogP contribution is -1.99. The molecule has 0 nitrogen and oxygen atoms in total. The molecule has 1 aliphatic rings. The molecule has 0 heteroatoms. The van der Waals surface area contributed by atoms with Crippen LogP contribution in [0.25, 0.3) is 0 Å². The van der Waals surface area contributed by atoms with E-state index >= 15 is 0 Å². The fourth-order valence-electron chi connectivity index (χ4n) is 2.65. The number of hydrogen-bond acceptors (Lipinski definition) is 0. The zero-order chi connectivity index (χ0) is 9.14. The molecule has 0 saturated heterocycles. The molecule has 72 valence electrons. The first-order valence-corrected chi connectivity index (χ1v) is 5.68. The molecule has 3 unspecified atom stereocenters. The van der Waals surface area contributed by atoms with Gasteiger partial charge in [0, 0.05) is 0 Å². The molecule has 1 saturated carbocycles. The van der Waals surface area contributed by atoms with E-state index in [0.717, 1.165) is 23.7 Å². The number of hydrogen-bond donors (Lipinski definition) is 0. The van der Waals surface area contributed by atoms with Crippen LogP contribution in [0.5, 0.6) is 0 Å². The Balaban J connectivity index is 2.09. The first-order chi connectivity index (χ1) is 5.68. The summed E-state index contributed by atoms with van der Waals surface area (Å²) in [6, 6.07) is 0. The van der Waals surface area contributed by atoms with Crippen molar-refractivity contribution in [3.8, 4) is 0 Å². The fraction of sp³-hybridized carbons (Fsp3) is 1.00. The van der Waals surface area contributed by atoms with Gasteiger partial charge in [0.15, 0.2) is 0 Å². The number of rotatable bonds is 5. The third-order valence-corrected chi connectivity index (χ3v) is 3.82. The van der Waals surface area contributed by atoms with Gasteiger partial charge >= 0.3 is 0 Å². The Labute approximate surface area is 77.7 Å². The zero-order valence-electron chi connectivity index (χ0n) is 9.14. The summed E-state index contributed by atoms with van der Waals surface area (Å²) >= 11 is 0. The summed E-state index contributed by atoms with van der Waals surface area (Å²) in [5.74, 6) is 4.08. The van der Waals surface area contributed by atoms with E-state index in [1.807, 2.05) is 0 Å². The molecule has 3 atom stereocenters. The fourth-order valence-corrected chi connectivity index (χ4v) is 2.65. The summed E-state index contributed by atoms with van der Waals surface area (Å²) < 4.78 is 0. The maximum atomic E-state index is 2.44. The highest BCUT2D eigenvalue weighted by Crippen LogP contribution is 2.51. The minimum Gasteiger partial charge on any atom is -0.0654 e. The standard InChI is InChI=1S/C12H24/c1-5-6-7-8-9(2)12-10(3)11(12)4/h9-12H,5-8H2,1-4H3. The van der Waals surface area contributed by atoms with Crippen LogP contribution in [0, 0.1) is 23.7 Å². The third-order valence-electron chi connectivity index (χ3n) is 3.82. The van der Waals surface area contributed by atoms with Crippen LogP contribution in [0.2, 0.25) is 0 Å². The van der Waals surface area contributed by atoms with Crippen molar-refractivity contribution in [2.45, 2.75) is 53.4 Å². The maximum absolute atomic E-state index is 2.44. The molecular formula is C12H24. The van der Waals surface area contributed by atoms with E-state index in [1.54, 1.807) is 0 Å². The molecule has 0 aromatic carbocycles. The van der Waals surface area contributed by atoms with Gasteiger partial charge in [0.2, 0.25) is 0 Å². The third kappa shape index (κ3) is 2.24. The van der Waals surface area contributed by atoms with E-state index in [-0.39, 0.29) is 0 Å². The van der Waals surface area contributed by atoms with E-state index < -0.39 is 0 Å². The Morgan fingerprint density at radius 2 is 1.67 bits per heavy atom. The highest BCUT2D eigenvalue weighted by atomic mass is 14.5. The molecule has 0 aromatic rings. The Bertz CT molecular complexity index is 120. The van der Waals surface area contributed by atoms with Gasteiger partial charge < -0.3 is 0 Å². The van der Waals surface area contributed by atoms with Crippen molar-refractivity contribution in [3.63, 3.8) is 0 Å². The Morgan fingerprint density at radius 3 is 2.08 bits per heavy atom. The minimum atomic E-state index is 0.988. The lowest BCUT2D eigenvalue weighted by Gasteiger charge is -2.09. The quantitative estimate of drug-likeness (QED) is 0.542. The summed E-state index contributed by atoms with van der Waals surface area (Å²) in [4.78, 5) is 0. The molecule has 12 heavy (non-hydrogen) atoms. The van der Waals surface area contributed by atoms with Crippen LogP contribution in [0.1, 0.15) is 53.4 Å². The Hall–Kier alpha value is 0. The molecule has 0 amide bonds. The first-order valence-electron chi connectivity index (χ1n) is 5.68. The van der Waals surface area contributed by atoms with Crippen LogP contribution in [0.3, 0.4) is 0 Å². The van der Waals surface area contributed by atoms with Crippen LogP contribution in [-0.4, -0.2) is 0 Å². The van der Waals surface area contributed by atoms with Crippen molar-refractivity contribution in [2.24, 2.45) is 23.7 Å². The van der Waals surface area contributed by atoms with Crippen molar-refractivity contribution in [2.75, 3.05) is 0 Å². The summed E-state index contributed by atoms with van der Waals surface area (Å²) in [7, 11) is 0. The maximum Gasteiger partial charge on any atom is -0.0332 e. The molecule has 0 heterocycles. The lowest BCUT2D eigenvalue weighted by atomic mass is 9.96. The van der Waals surface area contributed by atoms with E-state index in [1.165, 1.54) is 25.7 Å². The molecule has 0 spiro atoms. The van der Waals surface area contributed by atoms with E-state index in [0.29, 0.717) is 0 Å². The van der Waals surface area contributed by atoms with E-state index in [2.05, 4.69) is 27.7 Å². The molecule has 0 N–H and O–H groups in total. The van der Waals surface area contributed by atoms with Crippen LogP contribution >= 0.6 is 0 Å². The first kappa shape index (κ1) is 10.1. The molecule has 1 fully saturated rings. The summed E-state index contributed by atoms with van der Waals surface area (Å²) in [5.41, 5.74) is 0. The van der Waals surface area contributed by atoms with Crippen molar-refractivity contribution < 1.29 is 0 Å². The Kier molecular flexibility index (Phi) is 3.61. The molecule has 0 aliphatic heterocycles. The van der Waals surface area contributed by atoms with Crippen LogP contribution in [-0.2, 0) is 0 Å². The van der Waals surface area contributed by atoms with Gasteiger partial charge in [-0.2, -0.15) is 0 Å². The van der Waals surface area contributed by atoms with Crippen LogP contribution in [0.4, 0.5) is 0 Å². The van der Waals surface area contributed by atoms with Gasteiger partial charge in [-0.05, 0) is 23.7 Å². The second kappa shape index (κ2) is 4.30. The molecule has 1 aliphatic carbocycles. The van der Waals surface area contributed by atoms with Crippen molar-refractivity contribution in [3.05, 3.63) is 0 Å². The summed E-state index contributed by atoms with van der Waals surface area (Å²) in [5, 5.41) is 0. The monoisotopic (exact) mass is 168 g/mol. The second-order valence-electron chi connectivity index (χ2n) is 4.77. The minimum absolute atomic E-state index is 0.988. The van der Waals surface area contributed by atoms with Gasteiger partial charge in [-0.25, -0.2) is 0 Å². The van der Waals surface area contributed by atoms with Gasteiger partial charge in [-0.3, -0.25) is 0 Å². The zero-order valence-corrected chi connectivity index (χ0v) is 9.14. The summed E-state index contributed by atoms with van der Waals surface area (Å²) in [6.07, 6.45) is 5.71. The van der Waals surface area contributed by atoms with Crippen LogP contribution < -0.4 is 0 Å². The predicted molar refractivity (Wildman–Crippen MR) is 55.1 cm³/mol. The van der Waals surface area contributed by atoms with Gasteiger partial charge in [-0.1, -0.05) is 53.4 Å². The molecule has 0 aromatic heterocycles. The van der Waals surface area contributed by atoms with Crippen molar-refractivity contribution >= 4 is 0 Å². The van der Waals surface area contributed by atoms with E-state index in [4.69, 9.17) is 0 Å². The SMILES string of the molecule is CCCCCC(C)C1C(C)C1C. The highest BCUT2D eigenvalue weighted by molar-refractivity contribution is 4.93. The number of unbranched alkanes of at least 4 members (excludes halogenated alkanes) is 2. The van der Waals surface area contributed by atoms with Crippen LogP contribution in [0.15, 0.2) is 0 Å².